The molecule has 6 heteroatoms. The number of benzene rings is 2. The topological polar surface area (TPSA) is 47.6 Å². The van der Waals surface area contributed by atoms with Crippen LogP contribution in [-0.2, 0) is 0 Å². The van der Waals surface area contributed by atoms with E-state index in [-0.39, 0.29) is 10.6 Å². The highest BCUT2D eigenvalue weighted by Crippen LogP contribution is 2.30. The van der Waals surface area contributed by atoms with Crippen LogP contribution in [0.3, 0.4) is 0 Å². The van der Waals surface area contributed by atoms with Crippen LogP contribution in [0.4, 0.5) is 10.1 Å². The summed E-state index contributed by atoms with van der Waals surface area (Å²) in [6, 6.07) is 8.82. The number of carbonyl (C=O) groups excluding carboxylic acids is 1. The summed E-state index contributed by atoms with van der Waals surface area (Å²) in [6.07, 6.45) is 0. The van der Waals surface area contributed by atoms with E-state index in [1.54, 1.807) is 18.2 Å². The number of rotatable bonds is 5. The third-order valence-electron chi connectivity index (χ3n) is 2.90. The first-order valence-corrected chi connectivity index (χ1v) is 7.00. The van der Waals surface area contributed by atoms with Gasteiger partial charge in [-0.2, -0.15) is 0 Å². The number of ether oxygens (including phenoxy) is 2. The van der Waals surface area contributed by atoms with Gasteiger partial charge in [-0.15, -0.1) is 0 Å². The zero-order valence-electron chi connectivity index (χ0n) is 12.2. The monoisotopic (exact) mass is 323 g/mol. The molecule has 0 bridgehead atoms. The first-order chi connectivity index (χ1) is 10.5. The van der Waals surface area contributed by atoms with Crippen molar-refractivity contribution in [2.75, 3.05) is 19.0 Å². The molecule has 0 aliphatic heterocycles. The highest BCUT2D eigenvalue weighted by molar-refractivity contribution is 6.30. The van der Waals surface area contributed by atoms with Crippen LogP contribution in [0.15, 0.2) is 36.4 Å². The lowest BCUT2D eigenvalue weighted by Gasteiger charge is -2.12. The molecular formula is C16H15ClFNO3. The van der Waals surface area contributed by atoms with Gasteiger partial charge < -0.3 is 14.8 Å². The Hall–Kier alpha value is -2.27. The van der Waals surface area contributed by atoms with Gasteiger partial charge in [-0.25, -0.2) is 4.39 Å². The van der Waals surface area contributed by atoms with Crippen molar-refractivity contribution >= 4 is 23.2 Å². The smallest absolute Gasteiger partial charge is 0.258 e. The Bertz CT molecular complexity index is 691. The second-order valence-corrected chi connectivity index (χ2v) is 4.81. The van der Waals surface area contributed by atoms with Gasteiger partial charge in [0, 0.05) is 16.8 Å². The molecule has 1 amide bonds. The Labute approximate surface area is 132 Å². The van der Waals surface area contributed by atoms with Crippen molar-refractivity contribution in [2.24, 2.45) is 0 Å². The lowest BCUT2D eigenvalue weighted by Crippen LogP contribution is -2.13. The number of carbonyl (C=O) groups is 1. The van der Waals surface area contributed by atoms with E-state index in [1.807, 2.05) is 6.92 Å². The predicted octanol–water partition coefficient (Wildman–Crippen LogP) is 4.14. The summed E-state index contributed by atoms with van der Waals surface area (Å²) >= 11 is 5.67. The molecule has 0 fully saturated rings. The lowest BCUT2D eigenvalue weighted by atomic mass is 10.2. The second-order valence-electron chi connectivity index (χ2n) is 4.38. The number of hydrogen-bond acceptors (Lipinski definition) is 3. The number of hydrogen-bond donors (Lipinski definition) is 1. The number of amides is 1. The Morgan fingerprint density at radius 2 is 2.00 bits per heavy atom. The molecule has 4 nitrogen and oxygen atoms in total. The van der Waals surface area contributed by atoms with Crippen LogP contribution in [-0.4, -0.2) is 19.6 Å². The number of methoxy groups -OCH3 is 1. The van der Waals surface area contributed by atoms with E-state index in [9.17, 15) is 9.18 Å². The quantitative estimate of drug-likeness (QED) is 0.899. The molecule has 2 rings (SSSR count). The summed E-state index contributed by atoms with van der Waals surface area (Å²) < 4.78 is 24.3. The van der Waals surface area contributed by atoms with Gasteiger partial charge in [0.05, 0.1) is 19.3 Å². The third-order valence-corrected chi connectivity index (χ3v) is 3.13. The Balaban J connectivity index is 2.21. The van der Waals surface area contributed by atoms with Gasteiger partial charge in [0.2, 0.25) is 0 Å². The van der Waals surface area contributed by atoms with Crippen molar-refractivity contribution in [2.45, 2.75) is 6.92 Å². The number of anilines is 1. The SMILES string of the molecule is CCOc1ccc(NC(=O)c2ccc(Cl)cc2F)cc1OC. The van der Waals surface area contributed by atoms with E-state index in [0.717, 1.165) is 6.07 Å². The van der Waals surface area contributed by atoms with E-state index in [4.69, 9.17) is 21.1 Å². The van der Waals surface area contributed by atoms with Gasteiger partial charge in [0.1, 0.15) is 5.82 Å². The van der Waals surface area contributed by atoms with Crippen molar-refractivity contribution in [3.8, 4) is 11.5 Å². The normalized spacial score (nSPS) is 10.2. The van der Waals surface area contributed by atoms with Crippen molar-refractivity contribution in [3.05, 3.63) is 52.8 Å². The molecule has 0 heterocycles. The van der Waals surface area contributed by atoms with Gasteiger partial charge in [-0.1, -0.05) is 11.6 Å². The minimum atomic E-state index is -0.678. The number of nitrogens with one attached hydrogen (secondary N) is 1. The van der Waals surface area contributed by atoms with Gasteiger partial charge >= 0.3 is 0 Å². The van der Waals surface area contributed by atoms with Crippen LogP contribution in [0.5, 0.6) is 11.5 Å². The van der Waals surface area contributed by atoms with Gasteiger partial charge in [-0.3, -0.25) is 4.79 Å². The predicted molar refractivity (Wildman–Crippen MR) is 83.5 cm³/mol. The van der Waals surface area contributed by atoms with Gasteiger partial charge in [0.25, 0.3) is 5.91 Å². The Morgan fingerprint density at radius 3 is 2.64 bits per heavy atom. The Morgan fingerprint density at radius 1 is 1.23 bits per heavy atom. The maximum Gasteiger partial charge on any atom is 0.258 e. The summed E-state index contributed by atoms with van der Waals surface area (Å²) in [4.78, 5) is 12.1. The van der Waals surface area contributed by atoms with Crippen molar-refractivity contribution in [1.82, 2.24) is 0 Å². The molecule has 2 aromatic rings. The first kappa shape index (κ1) is 16.1. The minimum absolute atomic E-state index is 0.0859. The second kappa shape index (κ2) is 7.13. The van der Waals surface area contributed by atoms with Crippen LogP contribution < -0.4 is 14.8 Å². The molecule has 116 valence electrons. The summed E-state index contributed by atoms with van der Waals surface area (Å²) in [5.74, 6) is -0.194. The van der Waals surface area contributed by atoms with Crippen molar-refractivity contribution < 1.29 is 18.7 Å². The summed E-state index contributed by atoms with van der Waals surface area (Å²) in [5, 5.41) is 2.84. The summed E-state index contributed by atoms with van der Waals surface area (Å²) in [7, 11) is 1.50. The molecule has 0 aliphatic rings. The van der Waals surface area contributed by atoms with Crippen molar-refractivity contribution in [3.63, 3.8) is 0 Å². The highest BCUT2D eigenvalue weighted by atomic mass is 35.5. The minimum Gasteiger partial charge on any atom is -0.493 e. The van der Waals surface area contributed by atoms with Crippen LogP contribution in [0.25, 0.3) is 0 Å². The summed E-state index contributed by atoms with van der Waals surface area (Å²) in [5.41, 5.74) is 0.386. The third kappa shape index (κ3) is 3.68. The summed E-state index contributed by atoms with van der Waals surface area (Å²) in [6.45, 7) is 2.36. The van der Waals surface area contributed by atoms with E-state index in [1.165, 1.54) is 19.2 Å². The molecule has 0 radical (unpaired) electrons. The van der Waals surface area contributed by atoms with Gasteiger partial charge in [-0.05, 0) is 37.3 Å². The molecule has 2 aromatic carbocycles. The molecule has 0 saturated carbocycles. The lowest BCUT2D eigenvalue weighted by molar-refractivity contribution is 0.102. The molecular weight excluding hydrogens is 309 g/mol. The molecule has 1 N–H and O–H groups in total. The average Bonchev–Trinajstić information content (AvgIpc) is 2.48. The average molecular weight is 324 g/mol. The molecule has 0 saturated heterocycles. The van der Waals surface area contributed by atoms with Crippen LogP contribution in [0.2, 0.25) is 5.02 Å². The maximum atomic E-state index is 13.7. The fraction of sp³-hybridized carbons (Fsp3) is 0.188. The molecule has 0 unspecified atom stereocenters. The van der Waals surface area contributed by atoms with Crippen LogP contribution in [0, 0.1) is 5.82 Å². The van der Waals surface area contributed by atoms with Crippen molar-refractivity contribution in [1.29, 1.82) is 0 Å². The molecule has 0 spiro atoms. The molecule has 0 aliphatic carbocycles. The van der Waals surface area contributed by atoms with Crippen LogP contribution >= 0.6 is 11.6 Å². The standard InChI is InChI=1S/C16H15ClFNO3/c1-3-22-14-7-5-11(9-15(14)21-2)19-16(20)12-6-4-10(17)8-13(12)18/h4-9H,3H2,1-2H3,(H,19,20). The van der Waals surface area contributed by atoms with Crippen LogP contribution in [0.1, 0.15) is 17.3 Å². The fourth-order valence-electron chi connectivity index (χ4n) is 1.89. The van der Waals surface area contributed by atoms with E-state index in [0.29, 0.717) is 23.8 Å². The zero-order valence-corrected chi connectivity index (χ0v) is 12.9. The first-order valence-electron chi connectivity index (χ1n) is 6.62. The van der Waals surface area contributed by atoms with E-state index in [2.05, 4.69) is 5.32 Å². The fourth-order valence-corrected chi connectivity index (χ4v) is 2.05. The van der Waals surface area contributed by atoms with E-state index < -0.39 is 11.7 Å². The molecule has 22 heavy (non-hydrogen) atoms. The zero-order chi connectivity index (χ0) is 16.1. The number of halogens is 2. The highest BCUT2D eigenvalue weighted by Gasteiger charge is 2.13. The molecule has 0 atom stereocenters. The van der Waals surface area contributed by atoms with Gasteiger partial charge in [0.15, 0.2) is 11.5 Å². The van der Waals surface area contributed by atoms with E-state index >= 15 is 0 Å². The largest absolute Gasteiger partial charge is 0.493 e. The maximum absolute atomic E-state index is 13.7. The Kier molecular flexibility index (Phi) is 5.22. The molecule has 0 aromatic heterocycles.